The number of nitrogen functional groups attached to an aromatic ring is 1. The molecule has 0 saturated heterocycles. The normalized spacial score (nSPS) is 18.9. The molecule has 1 fully saturated rings. The van der Waals surface area contributed by atoms with E-state index >= 15 is 0 Å². The second-order valence-electron chi connectivity index (χ2n) is 7.74. The number of carbonyl (C=O) groups excluding carboxylic acids is 1. The van der Waals surface area contributed by atoms with Crippen molar-refractivity contribution in [3.63, 3.8) is 0 Å². The molecule has 2 aliphatic rings. The molecule has 168 valence electrons. The summed E-state index contributed by atoms with van der Waals surface area (Å²) in [4.78, 5) is 23.1. The van der Waals surface area contributed by atoms with Crippen molar-refractivity contribution in [2.75, 3.05) is 38.5 Å². The van der Waals surface area contributed by atoms with Crippen LogP contribution in [-0.2, 0) is 15.7 Å². The second kappa shape index (κ2) is 9.00. The highest BCUT2D eigenvalue weighted by atomic mass is 35.5. The van der Waals surface area contributed by atoms with Crippen molar-refractivity contribution in [2.45, 2.75) is 25.4 Å². The molecule has 3 rings (SSSR count). The number of halogens is 4. The van der Waals surface area contributed by atoms with E-state index in [-0.39, 0.29) is 35.4 Å². The molecular weight excluding hydrogens is 433 g/mol. The lowest BCUT2D eigenvalue weighted by Gasteiger charge is -2.33. The van der Waals surface area contributed by atoms with Crippen molar-refractivity contribution in [3.05, 3.63) is 40.6 Å². The van der Waals surface area contributed by atoms with Crippen LogP contribution < -0.4 is 5.73 Å². The van der Waals surface area contributed by atoms with Crippen LogP contribution in [0.5, 0.6) is 0 Å². The van der Waals surface area contributed by atoms with E-state index in [4.69, 9.17) is 22.1 Å². The van der Waals surface area contributed by atoms with Gasteiger partial charge >= 0.3 is 6.18 Å². The van der Waals surface area contributed by atoms with E-state index in [1.54, 1.807) is 12.0 Å². The first-order chi connectivity index (χ1) is 14.6. The quantitative estimate of drug-likeness (QED) is 0.292. The molecule has 6 nitrogen and oxygen atoms in total. The Kier molecular flexibility index (Phi) is 6.76. The van der Waals surface area contributed by atoms with Crippen molar-refractivity contribution in [3.8, 4) is 0 Å². The molecule has 2 N–H and O–H groups in total. The largest absolute Gasteiger partial charge is 0.416 e. The predicted molar refractivity (Wildman–Crippen MR) is 114 cm³/mol. The first-order valence-corrected chi connectivity index (χ1v) is 10.2. The highest BCUT2D eigenvalue weighted by molar-refractivity contribution is 6.20. The first kappa shape index (κ1) is 23.3. The van der Waals surface area contributed by atoms with Crippen LogP contribution in [0.15, 0.2) is 39.5 Å². The lowest BCUT2D eigenvalue weighted by molar-refractivity contribution is -0.139. The number of benzene rings is 1. The Balaban J connectivity index is 2.01. The topological polar surface area (TPSA) is 80.3 Å². The van der Waals surface area contributed by atoms with Gasteiger partial charge in [-0.2, -0.15) is 13.2 Å². The SMILES string of the molecule is C=NC1=C(/C(=N\CCl)c2cc(N)cc(C(F)(F)F)c2)CN(C(=O)C2(COC)CC2)CC1. The third-order valence-electron chi connectivity index (χ3n) is 5.58. The van der Waals surface area contributed by atoms with E-state index in [0.717, 1.165) is 25.0 Å². The molecule has 0 radical (unpaired) electrons. The third kappa shape index (κ3) is 4.93. The Morgan fingerprint density at radius 2 is 2.06 bits per heavy atom. The Labute approximate surface area is 183 Å². The Bertz CT molecular complexity index is 939. The fraction of sp³-hybridized carbons (Fsp3) is 0.476. The van der Waals surface area contributed by atoms with E-state index in [0.29, 0.717) is 30.8 Å². The smallest absolute Gasteiger partial charge is 0.399 e. The van der Waals surface area contributed by atoms with Gasteiger partial charge in [-0.05, 0) is 37.8 Å². The maximum absolute atomic E-state index is 13.3. The van der Waals surface area contributed by atoms with Gasteiger partial charge in [0, 0.05) is 49.1 Å². The average molecular weight is 457 g/mol. The minimum Gasteiger partial charge on any atom is -0.399 e. The zero-order chi connectivity index (χ0) is 22.8. The van der Waals surface area contributed by atoms with Crippen LogP contribution in [0, 0.1) is 5.41 Å². The summed E-state index contributed by atoms with van der Waals surface area (Å²) in [7, 11) is 1.55. The minimum atomic E-state index is -4.57. The van der Waals surface area contributed by atoms with Gasteiger partial charge in [-0.25, -0.2) is 0 Å². The molecular formula is C21H24ClF3N4O2. The summed E-state index contributed by atoms with van der Waals surface area (Å²) >= 11 is 5.84. The fourth-order valence-electron chi connectivity index (χ4n) is 3.87. The van der Waals surface area contributed by atoms with Crippen molar-refractivity contribution >= 4 is 35.6 Å². The summed E-state index contributed by atoms with van der Waals surface area (Å²) in [5.74, 6) is -0.0382. The first-order valence-electron chi connectivity index (χ1n) is 9.71. The Morgan fingerprint density at radius 1 is 1.35 bits per heavy atom. The summed E-state index contributed by atoms with van der Waals surface area (Å²) in [6, 6.07) is 3.06. The molecule has 1 saturated carbocycles. The minimum absolute atomic E-state index is 0.0382. The van der Waals surface area contributed by atoms with Crippen LogP contribution in [0.4, 0.5) is 18.9 Å². The van der Waals surface area contributed by atoms with E-state index in [9.17, 15) is 18.0 Å². The van der Waals surface area contributed by atoms with Gasteiger partial charge < -0.3 is 15.4 Å². The fourth-order valence-corrected chi connectivity index (χ4v) is 3.99. The number of hydrogen-bond acceptors (Lipinski definition) is 5. The Hall–Kier alpha value is -2.39. The highest BCUT2D eigenvalue weighted by Gasteiger charge is 2.52. The highest BCUT2D eigenvalue weighted by Crippen LogP contribution is 2.48. The zero-order valence-electron chi connectivity index (χ0n) is 17.1. The number of carbonyl (C=O) groups is 1. The molecule has 1 amide bonds. The maximum Gasteiger partial charge on any atom is 0.416 e. The van der Waals surface area contributed by atoms with E-state index in [1.165, 1.54) is 6.07 Å². The molecule has 31 heavy (non-hydrogen) atoms. The number of nitrogens with two attached hydrogens (primary N) is 1. The third-order valence-corrected chi connectivity index (χ3v) is 5.70. The summed E-state index contributed by atoms with van der Waals surface area (Å²) in [5, 5.41) is 0. The van der Waals surface area contributed by atoms with E-state index < -0.39 is 17.2 Å². The summed E-state index contributed by atoms with van der Waals surface area (Å²) in [6.07, 6.45) is -2.68. The maximum atomic E-state index is 13.3. The Morgan fingerprint density at radius 3 is 2.61 bits per heavy atom. The predicted octanol–water partition coefficient (Wildman–Crippen LogP) is 3.89. The van der Waals surface area contributed by atoms with E-state index in [1.807, 2.05) is 0 Å². The molecule has 0 bridgehead atoms. The van der Waals surface area contributed by atoms with Gasteiger partial charge in [0.1, 0.15) is 6.00 Å². The van der Waals surface area contributed by atoms with Crippen molar-refractivity contribution in [2.24, 2.45) is 15.4 Å². The van der Waals surface area contributed by atoms with Crippen molar-refractivity contribution < 1.29 is 22.7 Å². The van der Waals surface area contributed by atoms with Gasteiger partial charge in [-0.1, -0.05) is 0 Å². The molecule has 0 aromatic heterocycles. The van der Waals surface area contributed by atoms with Gasteiger partial charge in [0.15, 0.2) is 0 Å². The number of anilines is 1. The number of nitrogens with zero attached hydrogens (tertiary/aromatic N) is 3. The van der Waals surface area contributed by atoms with Crippen LogP contribution in [0.25, 0.3) is 0 Å². The molecule has 10 heteroatoms. The number of amides is 1. The number of methoxy groups -OCH3 is 1. The summed E-state index contributed by atoms with van der Waals surface area (Å²) in [5.41, 5.74) is 5.75. The number of rotatable bonds is 7. The van der Waals surface area contributed by atoms with Gasteiger partial charge in [-0.3, -0.25) is 14.8 Å². The van der Waals surface area contributed by atoms with Crippen LogP contribution in [0.1, 0.15) is 30.4 Å². The van der Waals surface area contributed by atoms with Crippen molar-refractivity contribution in [1.82, 2.24) is 4.90 Å². The summed E-state index contributed by atoms with van der Waals surface area (Å²) in [6.45, 7) is 4.49. The van der Waals surface area contributed by atoms with Gasteiger partial charge in [0.2, 0.25) is 5.91 Å². The van der Waals surface area contributed by atoms with Crippen molar-refractivity contribution in [1.29, 1.82) is 0 Å². The molecule has 0 unspecified atom stereocenters. The number of hydrogen-bond donors (Lipinski definition) is 1. The van der Waals surface area contributed by atoms with Gasteiger partial charge in [0.05, 0.1) is 23.3 Å². The van der Waals surface area contributed by atoms with E-state index in [2.05, 4.69) is 16.7 Å². The van der Waals surface area contributed by atoms with Crippen LogP contribution in [0.2, 0.25) is 0 Å². The molecule has 0 spiro atoms. The summed E-state index contributed by atoms with van der Waals surface area (Å²) < 4.78 is 45.2. The molecule has 1 heterocycles. The van der Waals surface area contributed by atoms with Crippen LogP contribution in [-0.4, -0.2) is 56.0 Å². The second-order valence-corrected chi connectivity index (χ2v) is 7.98. The van der Waals surface area contributed by atoms with Crippen LogP contribution >= 0.6 is 11.6 Å². The monoisotopic (exact) mass is 456 g/mol. The average Bonchev–Trinajstić information content (AvgIpc) is 3.51. The molecule has 1 aromatic carbocycles. The van der Waals surface area contributed by atoms with Crippen LogP contribution in [0.3, 0.4) is 0 Å². The number of alkyl halides is 4. The zero-order valence-corrected chi connectivity index (χ0v) is 17.9. The number of ether oxygens (including phenoxy) is 1. The lowest BCUT2D eigenvalue weighted by atomic mass is 9.93. The van der Waals surface area contributed by atoms with Gasteiger partial charge in [0.25, 0.3) is 0 Å². The van der Waals surface area contributed by atoms with Gasteiger partial charge in [-0.15, -0.1) is 11.6 Å². The molecule has 0 atom stereocenters. The lowest BCUT2D eigenvalue weighted by Crippen LogP contribution is -2.44. The molecule has 1 aromatic rings. The molecule has 1 aliphatic carbocycles. The number of aliphatic imine (C=N–C) groups is 2. The molecule has 1 aliphatic heterocycles. The standard InChI is InChI=1S/C21H24ClF3N4O2/c1-27-17-3-6-29(19(30)20(4-5-20)11-31-2)10-16(17)18(28-12-22)13-7-14(21(23,24)25)9-15(26)8-13/h7-9H,1,3-6,10-12,26H2,2H3/b28-18-.